The van der Waals surface area contributed by atoms with Crippen molar-refractivity contribution in [3.63, 3.8) is 0 Å². The molecule has 5 heteroatoms. The molecule has 0 fully saturated rings. The average molecular weight is 370 g/mol. The molecule has 0 aliphatic carbocycles. The third-order valence-corrected chi connectivity index (χ3v) is 3.43. The summed E-state index contributed by atoms with van der Waals surface area (Å²) < 4.78 is 1.25. The quantitative estimate of drug-likeness (QED) is 0.623. The van der Waals surface area contributed by atoms with Gasteiger partial charge in [-0.2, -0.15) is 5.10 Å². The van der Waals surface area contributed by atoms with Gasteiger partial charge in [-0.15, -0.1) is 0 Å². The van der Waals surface area contributed by atoms with Crippen LogP contribution < -0.4 is 5.43 Å². The van der Waals surface area contributed by atoms with Crippen LogP contribution in [0.5, 0.6) is 5.75 Å². The lowest BCUT2D eigenvalue weighted by molar-refractivity contribution is 0.468. The second-order valence-electron chi connectivity index (χ2n) is 3.57. The summed E-state index contributed by atoms with van der Waals surface area (Å²) in [5.41, 5.74) is 4.72. The second kappa shape index (κ2) is 6.02. The van der Waals surface area contributed by atoms with E-state index in [2.05, 4.69) is 42.4 Å². The Balaban J connectivity index is 2.10. The highest BCUT2D eigenvalue weighted by Gasteiger charge is 2.04. The summed E-state index contributed by atoms with van der Waals surface area (Å²) in [6.45, 7) is 0. The number of hydrazone groups is 1. The minimum atomic E-state index is 0.183. The van der Waals surface area contributed by atoms with Crippen molar-refractivity contribution in [2.75, 3.05) is 5.43 Å². The Morgan fingerprint density at radius 1 is 1.06 bits per heavy atom. The first-order chi connectivity index (χ1) is 8.66. The molecule has 0 saturated heterocycles. The maximum absolute atomic E-state index is 9.58. The van der Waals surface area contributed by atoms with Gasteiger partial charge in [0.1, 0.15) is 5.75 Å². The number of rotatable bonds is 3. The SMILES string of the molecule is Oc1c(Br)cc(/C=N/Nc2ccccc2)cc1Br. The number of benzene rings is 2. The molecule has 0 saturated carbocycles. The van der Waals surface area contributed by atoms with E-state index in [1.54, 1.807) is 18.3 Å². The van der Waals surface area contributed by atoms with Gasteiger partial charge in [0.2, 0.25) is 0 Å². The number of halogens is 2. The number of phenols is 1. The zero-order valence-corrected chi connectivity index (χ0v) is 12.4. The summed E-state index contributed by atoms with van der Waals surface area (Å²) >= 11 is 6.54. The van der Waals surface area contributed by atoms with Gasteiger partial charge in [-0.25, -0.2) is 0 Å². The maximum Gasteiger partial charge on any atom is 0.143 e. The molecule has 92 valence electrons. The molecule has 0 amide bonds. The molecular formula is C13H10Br2N2O. The fourth-order valence-electron chi connectivity index (χ4n) is 1.35. The van der Waals surface area contributed by atoms with Gasteiger partial charge in [0.05, 0.1) is 20.8 Å². The lowest BCUT2D eigenvalue weighted by Crippen LogP contribution is -1.90. The first-order valence-corrected chi connectivity index (χ1v) is 6.77. The number of anilines is 1. The van der Waals surface area contributed by atoms with Crippen LogP contribution in [0.1, 0.15) is 5.56 Å². The van der Waals surface area contributed by atoms with Crippen LogP contribution in [-0.2, 0) is 0 Å². The minimum Gasteiger partial charge on any atom is -0.506 e. The third-order valence-electron chi connectivity index (χ3n) is 2.22. The smallest absolute Gasteiger partial charge is 0.143 e. The van der Waals surface area contributed by atoms with E-state index in [-0.39, 0.29) is 5.75 Å². The summed E-state index contributed by atoms with van der Waals surface area (Å²) in [5, 5.41) is 13.7. The van der Waals surface area contributed by atoms with E-state index < -0.39 is 0 Å². The van der Waals surface area contributed by atoms with Crippen molar-refractivity contribution in [2.24, 2.45) is 5.10 Å². The molecule has 0 radical (unpaired) electrons. The van der Waals surface area contributed by atoms with Gasteiger partial charge >= 0.3 is 0 Å². The lowest BCUT2D eigenvalue weighted by atomic mass is 10.2. The molecule has 2 N–H and O–H groups in total. The topological polar surface area (TPSA) is 44.6 Å². The fraction of sp³-hybridized carbons (Fsp3) is 0. The Kier molecular flexibility index (Phi) is 4.38. The van der Waals surface area contributed by atoms with Crippen molar-refractivity contribution in [1.29, 1.82) is 0 Å². The number of nitrogens with one attached hydrogen (secondary N) is 1. The summed E-state index contributed by atoms with van der Waals surface area (Å²) in [4.78, 5) is 0. The fourth-order valence-corrected chi connectivity index (χ4v) is 2.58. The largest absolute Gasteiger partial charge is 0.506 e. The standard InChI is InChI=1S/C13H10Br2N2O/c14-11-6-9(7-12(15)13(11)18)8-16-17-10-4-2-1-3-5-10/h1-8,17-18H/b16-8+. The van der Waals surface area contributed by atoms with Crippen molar-refractivity contribution in [1.82, 2.24) is 0 Å². The Labute approximate surface area is 122 Å². The molecule has 0 unspecified atom stereocenters. The molecule has 0 spiro atoms. The highest BCUT2D eigenvalue weighted by Crippen LogP contribution is 2.32. The van der Waals surface area contributed by atoms with Gasteiger partial charge in [-0.05, 0) is 61.7 Å². The van der Waals surface area contributed by atoms with E-state index in [9.17, 15) is 5.11 Å². The minimum absolute atomic E-state index is 0.183. The van der Waals surface area contributed by atoms with Crippen molar-refractivity contribution in [2.45, 2.75) is 0 Å². The van der Waals surface area contributed by atoms with Gasteiger partial charge in [-0.1, -0.05) is 18.2 Å². The lowest BCUT2D eigenvalue weighted by Gasteiger charge is -2.02. The zero-order chi connectivity index (χ0) is 13.0. The monoisotopic (exact) mass is 368 g/mol. The van der Waals surface area contributed by atoms with Crippen LogP contribution in [-0.4, -0.2) is 11.3 Å². The van der Waals surface area contributed by atoms with Crippen LogP contribution in [0.25, 0.3) is 0 Å². The second-order valence-corrected chi connectivity index (χ2v) is 5.28. The Bertz CT molecular complexity index is 547. The first kappa shape index (κ1) is 13.1. The van der Waals surface area contributed by atoms with Crippen molar-refractivity contribution >= 4 is 43.8 Å². The van der Waals surface area contributed by atoms with E-state index in [0.29, 0.717) is 8.95 Å². The molecule has 0 aromatic heterocycles. The molecule has 2 rings (SSSR count). The number of para-hydroxylation sites is 1. The average Bonchev–Trinajstić information content (AvgIpc) is 2.37. The first-order valence-electron chi connectivity index (χ1n) is 5.19. The summed E-state index contributed by atoms with van der Waals surface area (Å²) in [7, 11) is 0. The molecule has 2 aromatic carbocycles. The van der Waals surface area contributed by atoms with E-state index >= 15 is 0 Å². The molecular weight excluding hydrogens is 360 g/mol. The maximum atomic E-state index is 9.58. The van der Waals surface area contributed by atoms with Gasteiger partial charge in [0, 0.05) is 0 Å². The Morgan fingerprint density at radius 3 is 2.28 bits per heavy atom. The van der Waals surface area contributed by atoms with E-state index in [1.807, 2.05) is 30.3 Å². The summed E-state index contributed by atoms with van der Waals surface area (Å²) in [6.07, 6.45) is 1.68. The molecule has 0 bridgehead atoms. The number of hydrogen-bond donors (Lipinski definition) is 2. The predicted octanol–water partition coefficient (Wildman–Crippen LogP) is 4.36. The van der Waals surface area contributed by atoms with Crippen LogP contribution in [0.3, 0.4) is 0 Å². The van der Waals surface area contributed by atoms with Crippen LogP contribution in [0, 0.1) is 0 Å². The van der Waals surface area contributed by atoms with Gasteiger partial charge in [0.25, 0.3) is 0 Å². The highest BCUT2D eigenvalue weighted by atomic mass is 79.9. The highest BCUT2D eigenvalue weighted by molar-refractivity contribution is 9.11. The van der Waals surface area contributed by atoms with Crippen LogP contribution >= 0.6 is 31.9 Å². The molecule has 2 aromatic rings. The number of aromatic hydroxyl groups is 1. The van der Waals surface area contributed by atoms with Gasteiger partial charge < -0.3 is 5.11 Å². The molecule has 18 heavy (non-hydrogen) atoms. The Morgan fingerprint density at radius 2 is 1.67 bits per heavy atom. The van der Waals surface area contributed by atoms with Gasteiger partial charge in [0.15, 0.2) is 0 Å². The Hall–Kier alpha value is -1.33. The van der Waals surface area contributed by atoms with Crippen molar-refractivity contribution in [3.05, 3.63) is 57.0 Å². The molecule has 0 heterocycles. The van der Waals surface area contributed by atoms with Crippen LogP contribution in [0.2, 0.25) is 0 Å². The third kappa shape index (κ3) is 3.34. The molecule has 0 atom stereocenters. The number of nitrogens with zero attached hydrogens (tertiary/aromatic N) is 1. The van der Waals surface area contributed by atoms with Gasteiger partial charge in [-0.3, -0.25) is 5.43 Å². The van der Waals surface area contributed by atoms with Crippen LogP contribution in [0.15, 0.2) is 56.5 Å². The zero-order valence-electron chi connectivity index (χ0n) is 9.27. The molecule has 0 aliphatic heterocycles. The van der Waals surface area contributed by atoms with Crippen LogP contribution in [0.4, 0.5) is 5.69 Å². The summed E-state index contributed by atoms with van der Waals surface area (Å²) in [5.74, 6) is 0.183. The van der Waals surface area contributed by atoms with E-state index in [4.69, 9.17) is 0 Å². The number of hydrogen-bond acceptors (Lipinski definition) is 3. The van der Waals surface area contributed by atoms with E-state index in [0.717, 1.165) is 11.3 Å². The predicted molar refractivity (Wildman–Crippen MR) is 81.2 cm³/mol. The summed E-state index contributed by atoms with van der Waals surface area (Å²) in [6, 6.07) is 13.3. The van der Waals surface area contributed by atoms with Crippen molar-refractivity contribution in [3.8, 4) is 5.75 Å². The van der Waals surface area contributed by atoms with E-state index in [1.165, 1.54) is 0 Å². The normalized spacial score (nSPS) is 10.8. The molecule has 3 nitrogen and oxygen atoms in total. The number of phenolic OH excluding ortho intramolecular Hbond substituents is 1. The molecule has 0 aliphatic rings. The van der Waals surface area contributed by atoms with Crippen molar-refractivity contribution < 1.29 is 5.11 Å².